The van der Waals surface area contributed by atoms with Crippen LogP contribution in [0.25, 0.3) is 11.0 Å². The fourth-order valence-corrected chi connectivity index (χ4v) is 2.18. The molecule has 0 atom stereocenters. The van der Waals surface area contributed by atoms with Gasteiger partial charge in [0.2, 0.25) is 0 Å². The summed E-state index contributed by atoms with van der Waals surface area (Å²) in [7, 11) is 0. The standard InChI is InChI=1S/C13H12ClF3N2/c1-3-9-10(4-2)19-12-8(14)5-7(13(15,16)17)6-11(12)18-9/h5-6H,3-4H2,1-2H3. The van der Waals surface area contributed by atoms with Crippen LogP contribution in [0, 0.1) is 0 Å². The first-order valence-electron chi connectivity index (χ1n) is 5.93. The number of aryl methyl sites for hydroxylation is 2. The predicted octanol–water partition coefficient (Wildman–Crippen LogP) is 4.43. The van der Waals surface area contributed by atoms with E-state index in [9.17, 15) is 13.2 Å². The number of nitrogens with zero attached hydrogens (tertiary/aromatic N) is 2. The summed E-state index contributed by atoms with van der Waals surface area (Å²) < 4.78 is 38.2. The van der Waals surface area contributed by atoms with Crippen molar-refractivity contribution < 1.29 is 13.2 Å². The molecule has 1 heterocycles. The molecule has 0 amide bonds. The molecule has 102 valence electrons. The molecule has 0 aliphatic heterocycles. The number of benzene rings is 1. The number of hydrogen-bond donors (Lipinski definition) is 0. The van der Waals surface area contributed by atoms with Gasteiger partial charge in [-0.1, -0.05) is 25.4 Å². The Morgan fingerprint density at radius 3 is 2.16 bits per heavy atom. The van der Waals surface area contributed by atoms with E-state index in [2.05, 4.69) is 9.97 Å². The maximum Gasteiger partial charge on any atom is 0.416 e. The van der Waals surface area contributed by atoms with E-state index in [0.29, 0.717) is 24.1 Å². The highest BCUT2D eigenvalue weighted by Crippen LogP contribution is 2.34. The second-order valence-corrected chi connectivity index (χ2v) is 4.55. The first-order chi connectivity index (χ1) is 8.86. The van der Waals surface area contributed by atoms with Crippen molar-refractivity contribution in [3.8, 4) is 0 Å². The molecule has 2 nitrogen and oxygen atoms in total. The topological polar surface area (TPSA) is 25.8 Å². The minimum Gasteiger partial charge on any atom is -0.249 e. The van der Waals surface area contributed by atoms with Crippen LogP contribution in [-0.4, -0.2) is 9.97 Å². The predicted molar refractivity (Wildman–Crippen MR) is 68.3 cm³/mol. The number of halogens is 4. The molecule has 0 radical (unpaired) electrons. The molecule has 19 heavy (non-hydrogen) atoms. The van der Waals surface area contributed by atoms with E-state index in [-0.39, 0.29) is 10.5 Å². The summed E-state index contributed by atoms with van der Waals surface area (Å²) in [6.07, 6.45) is -3.14. The van der Waals surface area contributed by atoms with E-state index in [4.69, 9.17) is 11.6 Å². The van der Waals surface area contributed by atoms with Crippen LogP contribution in [0.5, 0.6) is 0 Å². The van der Waals surface area contributed by atoms with Crippen molar-refractivity contribution in [2.45, 2.75) is 32.9 Å². The molecule has 0 aliphatic carbocycles. The van der Waals surface area contributed by atoms with E-state index in [1.807, 2.05) is 13.8 Å². The van der Waals surface area contributed by atoms with Gasteiger partial charge in [0.1, 0.15) is 5.52 Å². The molecule has 2 rings (SSSR count). The third-order valence-corrected chi connectivity index (χ3v) is 3.16. The highest BCUT2D eigenvalue weighted by molar-refractivity contribution is 6.35. The largest absolute Gasteiger partial charge is 0.416 e. The molecule has 0 unspecified atom stereocenters. The fraction of sp³-hybridized carbons (Fsp3) is 0.385. The van der Waals surface area contributed by atoms with Gasteiger partial charge < -0.3 is 0 Å². The van der Waals surface area contributed by atoms with Crippen LogP contribution in [0.15, 0.2) is 12.1 Å². The Morgan fingerprint density at radius 2 is 1.63 bits per heavy atom. The Morgan fingerprint density at radius 1 is 1.05 bits per heavy atom. The van der Waals surface area contributed by atoms with Crippen molar-refractivity contribution in [2.24, 2.45) is 0 Å². The fourth-order valence-electron chi connectivity index (χ4n) is 1.92. The molecule has 0 spiro atoms. The van der Waals surface area contributed by atoms with Gasteiger partial charge in [-0.25, -0.2) is 9.97 Å². The number of alkyl halides is 3. The van der Waals surface area contributed by atoms with E-state index in [1.54, 1.807) is 0 Å². The quantitative estimate of drug-likeness (QED) is 0.817. The van der Waals surface area contributed by atoms with E-state index in [1.165, 1.54) is 0 Å². The monoisotopic (exact) mass is 288 g/mol. The number of hydrogen-bond acceptors (Lipinski definition) is 2. The van der Waals surface area contributed by atoms with Gasteiger partial charge in [-0.2, -0.15) is 13.2 Å². The van der Waals surface area contributed by atoms with Crippen LogP contribution in [-0.2, 0) is 19.0 Å². The average Bonchev–Trinajstić information content (AvgIpc) is 2.36. The summed E-state index contributed by atoms with van der Waals surface area (Å²) >= 11 is 5.89. The van der Waals surface area contributed by atoms with Crippen molar-refractivity contribution in [3.63, 3.8) is 0 Å². The molecular weight excluding hydrogens is 277 g/mol. The third-order valence-electron chi connectivity index (χ3n) is 2.88. The molecule has 0 saturated heterocycles. The van der Waals surface area contributed by atoms with Crippen LogP contribution < -0.4 is 0 Å². The molecule has 0 bridgehead atoms. The zero-order valence-corrected chi connectivity index (χ0v) is 11.2. The maximum atomic E-state index is 12.7. The van der Waals surface area contributed by atoms with Crippen LogP contribution in [0.2, 0.25) is 5.02 Å². The minimum atomic E-state index is -4.44. The molecule has 1 aromatic carbocycles. The lowest BCUT2D eigenvalue weighted by Crippen LogP contribution is -2.07. The van der Waals surface area contributed by atoms with Gasteiger partial charge in [-0.15, -0.1) is 0 Å². The Labute approximate surface area is 113 Å². The molecule has 0 saturated carbocycles. The van der Waals surface area contributed by atoms with E-state index < -0.39 is 11.7 Å². The van der Waals surface area contributed by atoms with Crippen molar-refractivity contribution in [1.29, 1.82) is 0 Å². The lowest BCUT2D eigenvalue weighted by atomic mass is 10.1. The smallest absolute Gasteiger partial charge is 0.249 e. The molecule has 2 aromatic rings. The Kier molecular flexibility index (Phi) is 3.67. The van der Waals surface area contributed by atoms with Gasteiger partial charge in [0.05, 0.1) is 27.5 Å². The van der Waals surface area contributed by atoms with Crippen LogP contribution >= 0.6 is 11.6 Å². The summed E-state index contributed by atoms with van der Waals surface area (Å²) in [5.41, 5.74) is 1.20. The Balaban J connectivity index is 2.74. The average molecular weight is 289 g/mol. The normalized spacial score (nSPS) is 12.1. The second kappa shape index (κ2) is 4.96. The first-order valence-corrected chi connectivity index (χ1v) is 6.30. The lowest BCUT2D eigenvalue weighted by molar-refractivity contribution is -0.137. The Hall–Kier alpha value is -1.36. The molecule has 0 fully saturated rings. The summed E-state index contributed by atoms with van der Waals surface area (Å²) in [6, 6.07) is 1.89. The van der Waals surface area contributed by atoms with Crippen molar-refractivity contribution in [2.75, 3.05) is 0 Å². The molecular formula is C13H12ClF3N2. The van der Waals surface area contributed by atoms with Crippen molar-refractivity contribution in [3.05, 3.63) is 34.1 Å². The van der Waals surface area contributed by atoms with E-state index >= 15 is 0 Å². The summed E-state index contributed by atoms with van der Waals surface area (Å²) in [5.74, 6) is 0. The SMILES string of the molecule is CCc1nc2cc(C(F)(F)F)cc(Cl)c2nc1CC. The molecule has 6 heteroatoms. The van der Waals surface area contributed by atoms with Gasteiger partial charge in [-0.05, 0) is 25.0 Å². The minimum absolute atomic E-state index is 0.0188. The van der Waals surface area contributed by atoms with Crippen LogP contribution in [0.3, 0.4) is 0 Å². The highest BCUT2D eigenvalue weighted by atomic mass is 35.5. The zero-order valence-electron chi connectivity index (χ0n) is 10.5. The highest BCUT2D eigenvalue weighted by Gasteiger charge is 2.31. The first kappa shape index (κ1) is 14.1. The van der Waals surface area contributed by atoms with Gasteiger partial charge in [0.25, 0.3) is 0 Å². The maximum absolute atomic E-state index is 12.7. The number of rotatable bonds is 2. The number of fused-ring (bicyclic) bond motifs is 1. The van der Waals surface area contributed by atoms with Crippen molar-refractivity contribution in [1.82, 2.24) is 9.97 Å². The zero-order chi connectivity index (χ0) is 14.2. The number of aromatic nitrogens is 2. The summed E-state index contributed by atoms with van der Waals surface area (Å²) in [5, 5.41) is -0.0188. The Bertz CT molecular complexity index is 623. The van der Waals surface area contributed by atoms with Gasteiger partial charge in [-0.3, -0.25) is 0 Å². The van der Waals surface area contributed by atoms with Crippen LogP contribution in [0.1, 0.15) is 30.8 Å². The van der Waals surface area contributed by atoms with Crippen LogP contribution in [0.4, 0.5) is 13.2 Å². The van der Waals surface area contributed by atoms with Crippen molar-refractivity contribution >= 4 is 22.6 Å². The second-order valence-electron chi connectivity index (χ2n) is 4.15. The summed E-state index contributed by atoms with van der Waals surface area (Å²) in [6.45, 7) is 3.82. The molecule has 0 N–H and O–H groups in total. The lowest BCUT2D eigenvalue weighted by Gasteiger charge is -2.11. The third kappa shape index (κ3) is 2.66. The van der Waals surface area contributed by atoms with Gasteiger partial charge in [0, 0.05) is 0 Å². The molecule has 1 aromatic heterocycles. The molecule has 0 aliphatic rings. The van der Waals surface area contributed by atoms with Gasteiger partial charge in [0.15, 0.2) is 0 Å². The van der Waals surface area contributed by atoms with Gasteiger partial charge >= 0.3 is 6.18 Å². The van der Waals surface area contributed by atoms with E-state index in [0.717, 1.165) is 17.8 Å². The summed E-state index contributed by atoms with van der Waals surface area (Å²) in [4.78, 5) is 8.58.